The molecule has 0 amide bonds. The Bertz CT molecular complexity index is 2120. The summed E-state index contributed by atoms with van der Waals surface area (Å²) in [7, 11) is -11.0. The summed E-state index contributed by atoms with van der Waals surface area (Å²) in [6.07, 6.45) is 39.5. The number of nitrogens with zero attached hydrogens (tertiary/aromatic N) is 2. The van der Waals surface area contributed by atoms with Crippen LogP contribution in [0.1, 0.15) is 142 Å². The summed E-state index contributed by atoms with van der Waals surface area (Å²) in [6.45, 7) is 1.84. The molecule has 0 bridgehead atoms. The number of unbranched alkanes of at least 4 members (excludes halogenated alkanes) is 7. The van der Waals surface area contributed by atoms with Gasteiger partial charge in [-0.25, -0.2) is 13.9 Å². The van der Waals surface area contributed by atoms with Crippen molar-refractivity contribution in [1.29, 1.82) is 0 Å². The van der Waals surface area contributed by atoms with Crippen LogP contribution in [-0.4, -0.2) is 96.9 Å². The van der Waals surface area contributed by atoms with Crippen molar-refractivity contribution in [2.45, 2.75) is 173 Å². The highest BCUT2D eigenvalue weighted by Gasteiger charge is 2.46. The maximum Gasteiger partial charge on any atom is 0.481 e. The van der Waals surface area contributed by atoms with Crippen LogP contribution in [0, 0.1) is 0 Å². The lowest BCUT2D eigenvalue weighted by Crippen LogP contribution is -2.36. The number of hydrogen-bond acceptors (Lipinski definition) is 16. The van der Waals surface area contributed by atoms with E-state index >= 15 is 0 Å². The molecule has 8 atom stereocenters. The second-order valence-corrected chi connectivity index (χ2v) is 20.2. The first-order chi connectivity index (χ1) is 35.1. The topological polar surface area (TPSA) is 286 Å². The molecule has 1 fully saturated rings. The zero-order valence-corrected chi connectivity index (χ0v) is 44.3. The minimum Gasteiger partial charge on any atom is -0.462 e. The van der Waals surface area contributed by atoms with Crippen molar-refractivity contribution in [2.24, 2.45) is 0 Å². The van der Waals surface area contributed by atoms with Crippen LogP contribution >= 0.6 is 15.6 Å². The molecule has 0 radical (unpaired) electrons. The van der Waals surface area contributed by atoms with Gasteiger partial charge < -0.3 is 45.1 Å². The number of hydrogen-bond donors (Lipinski definition) is 6. The fourth-order valence-electron chi connectivity index (χ4n) is 6.76. The summed E-state index contributed by atoms with van der Waals surface area (Å²) < 4.78 is 56.5. The normalized spacial score (nSPS) is 20.2. The minimum atomic E-state index is -5.48. The van der Waals surface area contributed by atoms with Crippen LogP contribution in [0.25, 0.3) is 0 Å². The van der Waals surface area contributed by atoms with E-state index in [1.54, 1.807) is 12.2 Å². The lowest BCUT2D eigenvalue weighted by molar-refractivity contribution is -0.161. The van der Waals surface area contributed by atoms with E-state index in [1.807, 2.05) is 30.4 Å². The van der Waals surface area contributed by atoms with Gasteiger partial charge in [-0.2, -0.15) is 9.29 Å². The van der Waals surface area contributed by atoms with Crippen molar-refractivity contribution in [3.05, 3.63) is 120 Å². The first-order valence-corrected chi connectivity index (χ1v) is 28.3. The number of carbonyl (C=O) groups excluding carboxylic acids is 2. The molecule has 0 aliphatic carbocycles. The summed E-state index contributed by atoms with van der Waals surface area (Å²) in [6, 6.07) is 1.23. The van der Waals surface area contributed by atoms with Crippen LogP contribution in [0.5, 0.6) is 0 Å². The lowest BCUT2D eigenvalue weighted by atomic mass is 10.1. The highest BCUT2D eigenvalue weighted by atomic mass is 31.3. The predicted molar refractivity (Wildman–Crippen MR) is 281 cm³/mol. The standard InChI is InChI=1S/C52H81N3O16P2/c1-3-5-7-9-11-13-15-17-18-19-20-22-24-26-28-30-32-36-48(58)69-44(40-66-47(57)37-33-35-43(56)34-31-29-27-25-23-21-16-14-12-10-8-6-4-2)41-67-72(62,63)71-73(64,65)68-42-45-49(59)50(60)51(70-45)55-39-38-46(53)54-52(55)61/h11-14,17-18,20-23,26-29,31,34,38-39,43-45,49-51,56,59-60H,3-10,15-16,19,24-25,30,32-33,35-37,40-42H2,1-2H3,(H,62,63)(H,64,65)(H2,53,54,61)/b13-11-,14-12-,18-17-,22-20-,23-21-,28-26-,29-27-,34-31+/t43-,44-,45-,49-,50-,51-/m1/s1. The molecule has 2 unspecified atom stereocenters. The molecule has 2 heterocycles. The Morgan fingerprint density at radius 3 is 1.84 bits per heavy atom. The van der Waals surface area contributed by atoms with Gasteiger partial charge in [0.05, 0.1) is 19.3 Å². The van der Waals surface area contributed by atoms with Gasteiger partial charge in [-0.1, -0.05) is 137 Å². The predicted octanol–water partition coefficient (Wildman–Crippen LogP) is 9.41. The number of phosphoric acid groups is 2. The first kappa shape index (κ1) is 64.8. The maximum atomic E-state index is 12.9. The summed E-state index contributed by atoms with van der Waals surface area (Å²) in [4.78, 5) is 61.9. The summed E-state index contributed by atoms with van der Waals surface area (Å²) in [5, 5.41) is 31.3. The SMILES string of the molecule is CCCCC/C=C\C/C=C\C/C=C\C=C\[C@@H](O)CCCC(=O)OC[C@H](COP(=O)(O)OP(=O)(O)OC[C@H]1O[C@@H](n2ccc(N)nc2=O)[C@H](O)[C@@H]1O)OC(=O)CCC/C=C\C/C=C\C/C=C\C/C=C\CCCCC. The fourth-order valence-corrected chi connectivity index (χ4v) is 8.87. The maximum absolute atomic E-state index is 12.9. The van der Waals surface area contributed by atoms with E-state index in [9.17, 15) is 48.6 Å². The third-order valence-corrected chi connectivity index (χ3v) is 13.3. The average molecular weight is 1070 g/mol. The highest BCUT2D eigenvalue weighted by molar-refractivity contribution is 7.61. The third-order valence-electron chi connectivity index (χ3n) is 10.7. The van der Waals surface area contributed by atoms with E-state index in [0.717, 1.165) is 49.3 Å². The Morgan fingerprint density at radius 1 is 0.726 bits per heavy atom. The molecule has 19 nitrogen and oxygen atoms in total. The van der Waals surface area contributed by atoms with Crippen molar-refractivity contribution in [1.82, 2.24) is 9.55 Å². The molecule has 1 aromatic rings. The van der Waals surface area contributed by atoms with Gasteiger partial charge >= 0.3 is 33.3 Å². The second kappa shape index (κ2) is 39.1. The number of rotatable bonds is 40. The molecule has 7 N–H and O–H groups in total. The zero-order valence-electron chi connectivity index (χ0n) is 42.5. The second-order valence-electron chi connectivity index (χ2n) is 17.2. The average Bonchev–Trinajstić information content (AvgIpc) is 3.62. The fraction of sp³-hybridized carbons (Fsp3) is 0.577. The zero-order chi connectivity index (χ0) is 53.6. The molecule has 2 rings (SSSR count). The molecule has 0 saturated carbocycles. The summed E-state index contributed by atoms with van der Waals surface area (Å²) in [5.41, 5.74) is 4.56. The Morgan fingerprint density at radius 2 is 1.26 bits per heavy atom. The monoisotopic (exact) mass is 1070 g/mol. The molecule has 1 aliphatic rings. The molecular formula is C52H81N3O16P2. The number of nitrogens with two attached hydrogens (primary N) is 1. The summed E-state index contributed by atoms with van der Waals surface area (Å²) >= 11 is 0. The molecule has 1 aliphatic heterocycles. The van der Waals surface area contributed by atoms with E-state index in [4.69, 9.17) is 29.0 Å². The molecular weight excluding hydrogens is 985 g/mol. The number of aliphatic hydroxyl groups excluding tert-OH is 3. The lowest BCUT2D eigenvalue weighted by Gasteiger charge is -2.21. The van der Waals surface area contributed by atoms with Crippen LogP contribution in [0.2, 0.25) is 0 Å². The van der Waals surface area contributed by atoms with Crippen LogP contribution in [0.3, 0.4) is 0 Å². The van der Waals surface area contributed by atoms with Crippen molar-refractivity contribution in [2.75, 3.05) is 25.6 Å². The number of esters is 2. The van der Waals surface area contributed by atoms with Gasteiger partial charge in [0, 0.05) is 19.0 Å². The van der Waals surface area contributed by atoms with Gasteiger partial charge in [0.1, 0.15) is 30.7 Å². The molecule has 0 spiro atoms. The number of nitrogen functional groups attached to an aromatic ring is 1. The quantitative estimate of drug-likeness (QED) is 0.0117. The Hall–Kier alpha value is -4.36. The number of aromatic nitrogens is 2. The number of aliphatic hydroxyl groups is 3. The number of phosphoric ester groups is 2. The molecule has 0 aromatic carbocycles. The van der Waals surface area contributed by atoms with Crippen LogP contribution in [0.15, 0.2) is 114 Å². The first-order valence-electron chi connectivity index (χ1n) is 25.4. The van der Waals surface area contributed by atoms with Gasteiger partial charge in [0.15, 0.2) is 12.3 Å². The van der Waals surface area contributed by atoms with Gasteiger partial charge in [0.2, 0.25) is 0 Å². The number of ether oxygens (including phenoxy) is 3. The third kappa shape index (κ3) is 31.9. The number of carbonyl (C=O) groups is 2. The van der Waals surface area contributed by atoms with Gasteiger partial charge in [-0.15, -0.1) is 0 Å². The molecule has 1 saturated heterocycles. The van der Waals surface area contributed by atoms with Crippen molar-refractivity contribution in [3.8, 4) is 0 Å². The summed E-state index contributed by atoms with van der Waals surface area (Å²) in [5.74, 6) is -1.59. The van der Waals surface area contributed by atoms with Crippen molar-refractivity contribution >= 4 is 33.4 Å². The Kier molecular flexibility index (Phi) is 34.7. The van der Waals surface area contributed by atoms with Crippen LogP contribution in [-0.2, 0) is 46.3 Å². The van der Waals surface area contributed by atoms with Gasteiger partial charge in [0.25, 0.3) is 0 Å². The van der Waals surface area contributed by atoms with Crippen LogP contribution in [0.4, 0.5) is 5.82 Å². The van der Waals surface area contributed by atoms with E-state index in [1.165, 1.54) is 44.6 Å². The number of anilines is 1. The van der Waals surface area contributed by atoms with E-state index in [0.29, 0.717) is 19.3 Å². The van der Waals surface area contributed by atoms with Crippen molar-refractivity contribution < 1.29 is 71.4 Å². The van der Waals surface area contributed by atoms with E-state index in [-0.39, 0.29) is 31.5 Å². The van der Waals surface area contributed by atoms with Gasteiger partial charge in [-0.3, -0.25) is 23.2 Å². The van der Waals surface area contributed by atoms with Crippen molar-refractivity contribution in [3.63, 3.8) is 0 Å². The smallest absolute Gasteiger partial charge is 0.462 e. The Labute approximate surface area is 431 Å². The molecule has 21 heteroatoms. The molecule has 410 valence electrons. The highest BCUT2D eigenvalue weighted by Crippen LogP contribution is 2.60. The number of allylic oxidation sites excluding steroid dienone is 15. The molecule has 73 heavy (non-hydrogen) atoms. The Balaban J connectivity index is 1.89. The van der Waals surface area contributed by atoms with E-state index < -0.39 is 89.8 Å². The minimum absolute atomic E-state index is 0.0717. The van der Waals surface area contributed by atoms with Gasteiger partial charge in [-0.05, 0) is 89.5 Å². The van der Waals surface area contributed by atoms with E-state index in [2.05, 4.69) is 77.8 Å². The largest absolute Gasteiger partial charge is 0.481 e. The molecule has 1 aromatic heterocycles. The van der Waals surface area contributed by atoms with Crippen LogP contribution < -0.4 is 11.4 Å².